The van der Waals surface area contributed by atoms with E-state index < -0.39 is 0 Å². The monoisotopic (exact) mass is 424 g/mol. The number of ether oxygens (including phenoxy) is 3. The van der Waals surface area contributed by atoms with E-state index >= 15 is 0 Å². The maximum Gasteiger partial charge on any atom is 0.258 e. The molecule has 6 nitrogen and oxygen atoms in total. The van der Waals surface area contributed by atoms with Gasteiger partial charge in [0.05, 0.1) is 6.61 Å². The van der Waals surface area contributed by atoms with Crippen LogP contribution in [0.25, 0.3) is 0 Å². The molecule has 31 heavy (non-hydrogen) atoms. The first-order valence-electron chi connectivity index (χ1n) is 11.1. The molecule has 0 unspecified atom stereocenters. The van der Waals surface area contributed by atoms with Crippen LogP contribution in [0, 0.1) is 0 Å². The minimum atomic E-state index is -0.0307. The van der Waals surface area contributed by atoms with Crippen LogP contribution in [0.15, 0.2) is 48.5 Å². The minimum Gasteiger partial charge on any atom is -0.454 e. The Hall–Kier alpha value is -2.57. The van der Waals surface area contributed by atoms with E-state index in [1.165, 1.54) is 12.8 Å². The third-order valence-electron chi connectivity index (χ3n) is 6.02. The molecule has 0 spiro atoms. The first-order chi connectivity index (χ1) is 15.0. The van der Waals surface area contributed by atoms with Gasteiger partial charge < -0.3 is 19.1 Å². The molecule has 2 aliphatic heterocycles. The number of anilines is 1. The van der Waals surface area contributed by atoms with E-state index in [2.05, 4.69) is 18.7 Å². The van der Waals surface area contributed by atoms with Gasteiger partial charge in [0.1, 0.15) is 0 Å². The average molecular weight is 425 g/mol. The standard InChI is InChI=1S/C25H32N2O4/c1-25(2,26-13-6-7-14-26)18-29-16-8-15-27(24(28)20-9-4-3-5-10-20)21-11-12-22-23(17-21)31-19-30-22/h3-5,9-12,17H,6-8,13-16,18-19H2,1-2H3. The molecule has 2 aromatic carbocycles. The smallest absolute Gasteiger partial charge is 0.258 e. The van der Waals surface area contributed by atoms with Crippen LogP contribution in [0.2, 0.25) is 0 Å². The lowest BCUT2D eigenvalue weighted by atomic mass is 10.1. The van der Waals surface area contributed by atoms with Crippen LogP contribution in [-0.4, -0.2) is 56.0 Å². The molecule has 4 rings (SSSR count). The van der Waals surface area contributed by atoms with E-state index in [4.69, 9.17) is 14.2 Å². The third-order valence-corrected chi connectivity index (χ3v) is 6.02. The number of rotatable bonds is 9. The molecule has 2 aliphatic rings. The molecule has 2 heterocycles. The lowest BCUT2D eigenvalue weighted by Gasteiger charge is -2.35. The van der Waals surface area contributed by atoms with E-state index in [9.17, 15) is 4.79 Å². The number of benzene rings is 2. The Labute approximate surface area is 184 Å². The van der Waals surface area contributed by atoms with Crippen molar-refractivity contribution in [2.75, 3.05) is 44.5 Å². The van der Waals surface area contributed by atoms with Gasteiger partial charge in [-0.1, -0.05) is 18.2 Å². The van der Waals surface area contributed by atoms with Crippen LogP contribution < -0.4 is 14.4 Å². The van der Waals surface area contributed by atoms with Crippen molar-refractivity contribution in [1.82, 2.24) is 4.90 Å². The van der Waals surface area contributed by atoms with Crippen molar-refractivity contribution in [1.29, 1.82) is 0 Å². The van der Waals surface area contributed by atoms with Gasteiger partial charge in [0.25, 0.3) is 5.91 Å². The molecule has 0 N–H and O–H groups in total. The van der Waals surface area contributed by atoms with Gasteiger partial charge in [0, 0.05) is 36.0 Å². The number of carbonyl (C=O) groups is 1. The Kier molecular flexibility index (Phi) is 6.78. The van der Waals surface area contributed by atoms with Crippen LogP contribution in [0.3, 0.4) is 0 Å². The van der Waals surface area contributed by atoms with Crippen molar-refractivity contribution in [2.45, 2.75) is 38.6 Å². The first-order valence-corrected chi connectivity index (χ1v) is 11.1. The first kappa shape index (κ1) is 21.7. The second-order valence-electron chi connectivity index (χ2n) is 8.77. The Balaban J connectivity index is 1.38. The second-order valence-corrected chi connectivity index (χ2v) is 8.77. The normalized spacial score (nSPS) is 15.9. The highest BCUT2D eigenvalue weighted by Gasteiger charge is 2.29. The van der Waals surface area contributed by atoms with Crippen molar-refractivity contribution in [3.8, 4) is 11.5 Å². The van der Waals surface area contributed by atoms with Gasteiger partial charge in [0.15, 0.2) is 11.5 Å². The summed E-state index contributed by atoms with van der Waals surface area (Å²) in [7, 11) is 0. The van der Waals surface area contributed by atoms with Gasteiger partial charge in [-0.15, -0.1) is 0 Å². The highest BCUT2D eigenvalue weighted by Crippen LogP contribution is 2.36. The number of hydrogen-bond acceptors (Lipinski definition) is 5. The molecule has 2 aromatic rings. The zero-order chi connectivity index (χ0) is 21.7. The minimum absolute atomic E-state index is 0.0307. The molecule has 0 atom stereocenters. The lowest BCUT2D eigenvalue weighted by molar-refractivity contribution is 0.0229. The van der Waals surface area contributed by atoms with E-state index in [-0.39, 0.29) is 18.2 Å². The summed E-state index contributed by atoms with van der Waals surface area (Å²) in [5.74, 6) is 1.35. The molecule has 1 fully saturated rings. The quantitative estimate of drug-likeness (QED) is 0.561. The summed E-state index contributed by atoms with van der Waals surface area (Å²) < 4.78 is 17.0. The van der Waals surface area contributed by atoms with Gasteiger partial charge in [-0.25, -0.2) is 0 Å². The van der Waals surface area contributed by atoms with E-state index in [0.29, 0.717) is 36.8 Å². The summed E-state index contributed by atoms with van der Waals surface area (Å²) in [4.78, 5) is 17.6. The highest BCUT2D eigenvalue weighted by atomic mass is 16.7. The molecule has 1 saturated heterocycles. The molecule has 0 radical (unpaired) electrons. The molecule has 166 valence electrons. The van der Waals surface area contributed by atoms with E-state index in [1.54, 1.807) is 4.90 Å². The number of amides is 1. The van der Waals surface area contributed by atoms with Crippen molar-refractivity contribution < 1.29 is 19.0 Å². The number of likely N-dealkylation sites (tertiary alicyclic amines) is 1. The lowest BCUT2D eigenvalue weighted by Crippen LogP contribution is -2.45. The van der Waals surface area contributed by atoms with Crippen LogP contribution >= 0.6 is 0 Å². The van der Waals surface area contributed by atoms with Crippen LogP contribution in [0.5, 0.6) is 11.5 Å². The SMILES string of the molecule is CC(C)(COCCCN(C(=O)c1ccccc1)c1ccc2c(c1)OCO2)N1CCCC1. The van der Waals surface area contributed by atoms with Gasteiger partial charge in [-0.3, -0.25) is 9.69 Å². The summed E-state index contributed by atoms with van der Waals surface area (Å²) in [5.41, 5.74) is 1.51. The Bertz CT molecular complexity index is 878. The Morgan fingerprint density at radius 3 is 2.58 bits per heavy atom. The molecule has 6 heteroatoms. The predicted octanol–water partition coefficient (Wildman–Crippen LogP) is 4.34. The molecule has 0 bridgehead atoms. The van der Waals surface area contributed by atoms with E-state index in [0.717, 1.165) is 25.2 Å². The fraction of sp³-hybridized carbons (Fsp3) is 0.480. The topological polar surface area (TPSA) is 51.2 Å². The molecular formula is C25H32N2O4. The Morgan fingerprint density at radius 1 is 1.06 bits per heavy atom. The van der Waals surface area contributed by atoms with Crippen LogP contribution in [0.4, 0.5) is 5.69 Å². The average Bonchev–Trinajstić information content (AvgIpc) is 3.48. The second kappa shape index (κ2) is 9.71. The maximum absolute atomic E-state index is 13.2. The van der Waals surface area contributed by atoms with Crippen LogP contribution in [0.1, 0.15) is 43.5 Å². The zero-order valence-corrected chi connectivity index (χ0v) is 18.5. The largest absolute Gasteiger partial charge is 0.454 e. The van der Waals surface area contributed by atoms with Crippen molar-refractivity contribution >= 4 is 11.6 Å². The summed E-state index contributed by atoms with van der Waals surface area (Å²) in [6, 6.07) is 15.0. The fourth-order valence-corrected chi connectivity index (χ4v) is 4.20. The number of hydrogen-bond donors (Lipinski definition) is 0. The van der Waals surface area contributed by atoms with Gasteiger partial charge in [-0.05, 0) is 70.5 Å². The fourth-order valence-electron chi connectivity index (χ4n) is 4.20. The number of fused-ring (bicyclic) bond motifs is 1. The summed E-state index contributed by atoms with van der Waals surface area (Å²) in [5, 5.41) is 0. The van der Waals surface area contributed by atoms with Crippen molar-refractivity contribution in [3.63, 3.8) is 0 Å². The molecular weight excluding hydrogens is 392 g/mol. The van der Waals surface area contributed by atoms with Gasteiger partial charge in [0.2, 0.25) is 6.79 Å². The molecule has 0 aliphatic carbocycles. The Morgan fingerprint density at radius 2 is 1.81 bits per heavy atom. The molecule has 0 saturated carbocycles. The zero-order valence-electron chi connectivity index (χ0n) is 18.5. The summed E-state index contributed by atoms with van der Waals surface area (Å²) in [6.45, 7) is 8.89. The third kappa shape index (κ3) is 5.20. The maximum atomic E-state index is 13.2. The molecule has 0 aromatic heterocycles. The predicted molar refractivity (Wildman–Crippen MR) is 121 cm³/mol. The van der Waals surface area contributed by atoms with Gasteiger partial charge in [-0.2, -0.15) is 0 Å². The number of nitrogens with zero attached hydrogens (tertiary/aromatic N) is 2. The summed E-state index contributed by atoms with van der Waals surface area (Å²) >= 11 is 0. The van der Waals surface area contributed by atoms with Gasteiger partial charge >= 0.3 is 0 Å². The molecule has 1 amide bonds. The van der Waals surface area contributed by atoms with E-state index in [1.807, 2.05) is 48.5 Å². The van der Waals surface area contributed by atoms with Crippen molar-refractivity contribution in [3.05, 3.63) is 54.1 Å². The number of carbonyl (C=O) groups excluding carboxylic acids is 1. The van der Waals surface area contributed by atoms with Crippen LogP contribution in [-0.2, 0) is 4.74 Å². The summed E-state index contributed by atoms with van der Waals surface area (Å²) in [6.07, 6.45) is 3.30. The highest BCUT2D eigenvalue weighted by molar-refractivity contribution is 6.06. The van der Waals surface area contributed by atoms with Crippen molar-refractivity contribution in [2.24, 2.45) is 0 Å².